The van der Waals surface area contributed by atoms with Crippen LogP contribution in [0.2, 0.25) is 0 Å². The summed E-state index contributed by atoms with van der Waals surface area (Å²) in [5.41, 5.74) is 1.50. The summed E-state index contributed by atoms with van der Waals surface area (Å²) in [5, 5.41) is 8.04. The van der Waals surface area contributed by atoms with E-state index < -0.39 is 0 Å². The van der Waals surface area contributed by atoms with Gasteiger partial charge in [0.25, 0.3) is 0 Å². The lowest BCUT2D eigenvalue weighted by molar-refractivity contribution is 0.172. The maximum Gasteiger partial charge on any atom is 0.00222 e. The third-order valence-electron chi connectivity index (χ3n) is 3.71. The van der Waals surface area contributed by atoms with Crippen LogP contribution < -0.4 is 5.32 Å². The van der Waals surface area contributed by atoms with E-state index >= 15 is 0 Å². The van der Waals surface area contributed by atoms with Crippen molar-refractivity contribution in [1.82, 2.24) is 10.2 Å². The highest BCUT2D eigenvalue weighted by molar-refractivity contribution is 7.07. The Balaban J connectivity index is 1.69. The fourth-order valence-electron chi connectivity index (χ4n) is 2.65. The average molecular weight is 266 g/mol. The number of hydrogen-bond acceptors (Lipinski definition) is 3. The Morgan fingerprint density at radius 1 is 1.50 bits per heavy atom. The van der Waals surface area contributed by atoms with Crippen molar-refractivity contribution < 1.29 is 0 Å². The van der Waals surface area contributed by atoms with E-state index in [1.165, 1.54) is 51.0 Å². The third-order valence-corrected chi connectivity index (χ3v) is 4.45. The normalized spacial score (nSPS) is 21.6. The predicted molar refractivity (Wildman–Crippen MR) is 80.3 cm³/mol. The van der Waals surface area contributed by atoms with Crippen molar-refractivity contribution in [2.24, 2.45) is 5.92 Å². The summed E-state index contributed by atoms with van der Waals surface area (Å²) in [7, 11) is 0. The van der Waals surface area contributed by atoms with Crippen LogP contribution in [0.5, 0.6) is 0 Å². The van der Waals surface area contributed by atoms with E-state index in [1.807, 2.05) is 11.3 Å². The molecular weight excluding hydrogens is 240 g/mol. The minimum Gasteiger partial charge on any atom is -0.314 e. The molecule has 18 heavy (non-hydrogen) atoms. The standard InChI is InChI=1S/C15H26N2S/c1-13(2)16-10-15-4-3-7-17(11-15)8-5-14-6-9-18-12-14/h6,9,12-13,15-16H,3-5,7-8,10-11H2,1-2H3. The van der Waals surface area contributed by atoms with Gasteiger partial charge >= 0.3 is 0 Å². The fourth-order valence-corrected chi connectivity index (χ4v) is 3.35. The van der Waals surface area contributed by atoms with E-state index in [0.717, 1.165) is 5.92 Å². The van der Waals surface area contributed by atoms with Crippen molar-refractivity contribution in [2.75, 3.05) is 26.2 Å². The van der Waals surface area contributed by atoms with Crippen LogP contribution in [0.4, 0.5) is 0 Å². The number of rotatable bonds is 6. The van der Waals surface area contributed by atoms with Crippen LogP contribution in [0.15, 0.2) is 16.8 Å². The molecule has 1 aliphatic heterocycles. The van der Waals surface area contributed by atoms with E-state index in [9.17, 15) is 0 Å². The fraction of sp³-hybridized carbons (Fsp3) is 0.733. The largest absolute Gasteiger partial charge is 0.314 e. The highest BCUT2D eigenvalue weighted by Crippen LogP contribution is 2.17. The molecule has 3 heteroatoms. The Bertz CT molecular complexity index is 321. The van der Waals surface area contributed by atoms with Gasteiger partial charge in [-0.2, -0.15) is 11.3 Å². The summed E-state index contributed by atoms with van der Waals surface area (Å²) in [6, 6.07) is 2.87. The molecular formula is C15H26N2S. The molecule has 1 aromatic heterocycles. The molecule has 1 aliphatic rings. The summed E-state index contributed by atoms with van der Waals surface area (Å²) in [6.07, 6.45) is 3.98. The SMILES string of the molecule is CC(C)NCC1CCCN(CCc2ccsc2)C1. The van der Waals surface area contributed by atoms with Crippen LogP contribution in [0, 0.1) is 5.92 Å². The number of piperidine rings is 1. The molecule has 0 amide bonds. The number of nitrogens with one attached hydrogen (secondary N) is 1. The Labute approximate surface area is 115 Å². The van der Waals surface area contributed by atoms with E-state index in [-0.39, 0.29) is 0 Å². The van der Waals surface area contributed by atoms with E-state index in [2.05, 4.69) is 40.9 Å². The number of hydrogen-bond donors (Lipinski definition) is 1. The van der Waals surface area contributed by atoms with Gasteiger partial charge in [-0.05, 0) is 60.7 Å². The van der Waals surface area contributed by atoms with Gasteiger partial charge in [-0.3, -0.25) is 0 Å². The van der Waals surface area contributed by atoms with Crippen LogP contribution >= 0.6 is 11.3 Å². The Kier molecular flexibility index (Phi) is 5.67. The molecule has 102 valence electrons. The first-order valence-corrected chi connectivity index (χ1v) is 8.15. The van der Waals surface area contributed by atoms with Crippen molar-refractivity contribution >= 4 is 11.3 Å². The smallest absolute Gasteiger partial charge is 0.00222 e. The van der Waals surface area contributed by atoms with Crippen LogP contribution in [0.1, 0.15) is 32.3 Å². The lowest BCUT2D eigenvalue weighted by Crippen LogP contribution is -2.41. The van der Waals surface area contributed by atoms with Crippen molar-refractivity contribution in [3.8, 4) is 0 Å². The van der Waals surface area contributed by atoms with Crippen LogP contribution in [0.25, 0.3) is 0 Å². The van der Waals surface area contributed by atoms with Crippen LogP contribution in [0.3, 0.4) is 0 Å². The molecule has 1 unspecified atom stereocenters. The lowest BCUT2D eigenvalue weighted by atomic mass is 9.97. The molecule has 2 nitrogen and oxygen atoms in total. The molecule has 1 N–H and O–H groups in total. The molecule has 2 rings (SSSR count). The predicted octanol–water partition coefficient (Wildman–Crippen LogP) is 3.00. The molecule has 0 bridgehead atoms. The molecule has 1 aromatic rings. The third kappa shape index (κ3) is 4.71. The minimum absolute atomic E-state index is 0.617. The summed E-state index contributed by atoms with van der Waals surface area (Å²) >= 11 is 1.81. The van der Waals surface area contributed by atoms with Gasteiger partial charge in [-0.15, -0.1) is 0 Å². The first-order chi connectivity index (χ1) is 8.74. The van der Waals surface area contributed by atoms with Crippen molar-refractivity contribution in [1.29, 1.82) is 0 Å². The molecule has 0 radical (unpaired) electrons. The van der Waals surface area contributed by atoms with Crippen molar-refractivity contribution in [2.45, 2.75) is 39.2 Å². The zero-order valence-corrected chi connectivity index (χ0v) is 12.5. The first-order valence-electron chi connectivity index (χ1n) is 7.21. The summed E-state index contributed by atoms with van der Waals surface area (Å²) in [4.78, 5) is 2.65. The van der Waals surface area contributed by atoms with E-state index in [1.54, 1.807) is 0 Å². The van der Waals surface area contributed by atoms with Gasteiger partial charge in [0.15, 0.2) is 0 Å². The number of likely N-dealkylation sites (tertiary alicyclic amines) is 1. The second-order valence-electron chi connectivity index (χ2n) is 5.75. The van der Waals surface area contributed by atoms with Crippen molar-refractivity contribution in [3.63, 3.8) is 0 Å². The second-order valence-corrected chi connectivity index (χ2v) is 6.53. The molecule has 1 fully saturated rings. The Hall–Kier alpha value is -0.380. The molecule has 1 saturated heterocycles. The topological polar surface area (TPSA) is 15.3 Å². The van der Waals surface area contributed by atoms with Gasteiger partial charge in [0.2, 0.25) is 0 Å². The second kappa shape index (κ2) is 7.27. The lowest BCUT2D eigenvalue weighted by Gasteiger charge is -2.33. The van der Waals surface area contributed by atoms with Gasteiger partial charge in [0, 0.05) is 19.1 Å². The maximum absolute atomic E-state index is 3.58. The monoisotopic (exact) mass is 266 g/mol. The van der Waals surface area contributed by atoms with E-state index in [0.29, 0.717) is 6.04 Å². The molecule has 0 aromatic carbocycles. The van der Waals surface area contributed by atoms with Gasteiger partial charge < -0.3 is 10.2 Å². The molecule has 2 heterocycles. The number of nitrogens with zero attached hydrogens (tertiary/aromatic N) is 1. The van der Waals surface area contributed by atoms with Gasteiger partial charge in [0.05, 0.1) is 0 Å². The highest BCUT2D eigenvalue weighted by atomic mass is 32.1. The van der Waals surface area contributed by atoms with Gasteiger partial charge in [-0.25, -0.2) is 0 Å². The quantitative estimate of drug-likeness (QED) is 0.851. The summed E-state index contributed by atoms with van der Waals surface area (Å²) in [5.74, 6) is 0.851. The van der Waals surface area contributed by atoms with Gasteiger partial charge in [-0.1, -0.05) is 13.8 Å². The zero-order valence-electron chi connectivity index (χ0n) is 11.7. The number of thiophene rings is 1. The van der Waals surface area contributed by atoms with Gasteiger partial charge in [0.1, 0.15) is 0 Å². The van der Waals surface area contributed by atoms with Crippen molar-refractivity contribution in [3.05, 3.63) is 22.4 Å². The van der Waals surface area contributed by atoms with Crippen LogP contribution in [-0.4, -0.2) is 37.1 Å². The highest BCUT2D eigenvalue weighted by Gasteiger charge is 2.19. The molecule has 0 saturated carbocycles. The average Bonchev–Trinajstić information content (AvgIpc) is 2.87. The van der Waals surface area contributed by atoms with E-state index in [4.69, 9.17) is 0 Å². The Morgan fingerprint density at radius 3 is 3.11 bits per heavy atom. The Morgan fingerprint density at radius 2 is 2.39 bits per heavy atom. The summed E-state index contributed by atoms with van der Waals surface area (Å²) in [6.45, 7) is 9.46. The first kappa shape index (κ1) is 14.0. The molecule has 1 atom stereocenters. The molecule has 0 spiro atoms. The zero-order chi connectivity index (χ0) is 12.8. The molecule has 0 aliphatic carbocycles. The van der Waals surface area contributed by atoms with Crippen LogP contribution in [-0.2, 0) is 6.42 Å². The summed E-state index contributed by atoms with van der Waals surface area (Å²) < 4.78 is 0. The minimum atomic E-state index is 0.617. The maximum atomic E-state index is 3.58.